The van der Waals surface area contributed by atoms with E-state index in [1.165, 1.54) is 24.8 Å². The van der Waals surface area contributed by atoms with Crippen LogP contribution < -0.4 is 0 Å². The summed E-state index contributed by atoms with van der Waals surface area (Å²) in [6.07, 6.45) is 5.55. The zero-order valence-electron chi connectivity index (χ0n) is 9.20. The van der Waals surface area contributed by atoms with E-state index in [9.17, 15) is 0 Å². The van der Waals surface area contributed by atoms with E-state index in [0.717, 1.165) is 29.2 Å². The molecule has 1 aromatic rings. The van der Waals surface area contributed by atoms with Gasteiger partial charge in [-0.05, 0) is 54.7 Å². The van der Waals surface area contributed by atoms with Crippen molar-refractivity contribution in [3.05, 3.63) is 34.9 Å². The molecule has 0 spiro atoms. The van der Waals surface area contributed by atoms with Crippen LogP contribution in [0.3, 0.4) is 0 Å². The summed E-state index contributed by atoms with van der Waals surface area (Å²) in [4.78, 5) is 0.670. The van der Waals surface area contributed by atoms with Gasteiger partial charge in [0.1, 0.15) is 0 Å². The highest BCUT2D eigenvalue weighted by Gasteiger charge is 2.54. The highest BCUT2D eigenvalue weighted by atomic mass is 79.9. The number of hydrogen-bond donors (Lipinski definition) is 0. The largest absolute Gasteiger partial charge is 0.0884 e. The second kappa shape index (κ2) is 4.34. The number of halogens is 2. The molecule has 0 radical (unpaired) electrons. The maximum atomic E-state index is 5.89. The molecule has 2 aliphatic rings. The summed E-state index contributed by atoms with van der Waals surface area (Å²) < 4.78 is 0. The standard InChI is InChI=1S/C14H16BrCl/c15-13(14-11-2-1-3-12(11)14)8-9-4-6-10(16)7-5-9/h4-7,11-14H,1-3,8H2. The molecular formula is C14H16BrCl. The SMILES string of the molecule is Clc1ccc(CC(Br)C2C3CCCC32)cc1. The van der Waals surface area contributed by atoms with Gasteiger partial charge in [-0.2, -0.15) is 0 Å². The fraction of sp³-hybridized carbons (Fsp3) is 0.571. The van der Waals surface area contributed by atoms with E-state index in [2.05, 4.69) is 28.1 Å². The maximum absolute atomic E-state index is 5.89. The zero-order chi connectivity index (χ0) is 11.1. The van der Waals surface area contributed by atoms with Crippen LogP contribution in [0, 0.1) is 17.8 Å². The molecule has 0 bridgehead atoms. The number of benzene rings is 1. The summed E-state index contributed by atoms with van der Waals surface area (Å²) in [6, 6.07) is 8.28. The van der Waals surface area contributed by atoms with Crippen LogP contribution in [0.25, 0.3) is 0 Å². The lowest BCUT2D eigenvalue weighted by Crippen LogP contribution is -2.09. The summed E-state index contributed by atoms with van der Waals surface area (Å²) in [5.41, 5.74) is 1.40. The average Bonchev–Trinajstić information content (AvgIpc) is 2.76. The molecule has 2 aliphatic carbocycles. The maximum Gasteiger partial charge on any atom is 0.0406 e. The number of hydrogen-bond acceptors (Lipinski definition) is 0. The fourth-order valence-electron chi connectivity index (χ4n) is 3.40. The van der Waals surface area contributed by atoms with Gasteiger partial charge >= 0.3 is 0 Å². The van der Waals surface area contributed by atoms with Crippen LogP contribution in [0.2, 0.25) is 5.02 Å². The lowest BCUT2D eigenvalue weighted by atomic mass is 10.0. The van der Waals surface area contributed by atoms with Crippen LogP contribution in [0.5, 0.6) is 0 Å². The summed E-state index contributed by atoms with van der Waals surface area (Å²) >= 11 is 9.77. The quantitative estimate of drug-likeness (QED) is 0.710. The third-order valence-corrected chi connectivity index (χ3v) is 5.42. The molecule has 2 heteroatoms. The second-order valence-corrected chi connectivity index (χ2v) is 6.80. The Bertz CT molecular complexity index is 363. The minimum absolute atomic E-state index is 0.670. The predicted octanol–water partition coefficient (Wildman–Crippen LogP) is 4.69. The smallest absolute Gasteiger partial charge is 0.0406 e. The first kappa shape index (κ1) is 11.1. The van der Waals surface area contributed by atoms with E-state index in [1.807, 2.05) is 12.1 Å². The van der Waals surface area contributed by atoms with Crippen molar-refractivity contribution >= 4 is 27.5 Å². The Morgan fingerprint density at radius 2 is 1.81 bits per heavy atom. The van der Waals surface area contributed by atoms with Crippen molar-refractivity contribution in [2.75, 3.05) is 0 Å². The Morgan fingerprint density at radius 1 is 1.19 bits per heavy atom. The van der Waals surface area contributed by atoms with Gasteiger partial charge in [0, 0.05) is 9.85 Å². The summed E-state index contributed by atoms with van der Waals surface area (Å²) in [6.45, 7) is 0. The van der Waals surface area contributed by atoms with E-state index in [4.69, 9.17) is 11.6 Å². The summed E-state index contributed by atoms with van der Waals surface area (Å²) in [7, 11) is 0. The Morgan fingerprint density at radius 3 is 2.44 bits per heavy atom. The summed E-state index contributed by atoms with van der Waals surface area (Å²) in [5.74, 6) is 3.03. The van der Waals surface area contributed by atoms with Gasteiger partial charge in [-0.25, -0.2) is 0 Å². The molecule has 2 saturated carbocycles. The van der Waals surface area contributed by atoms with Gasteiger partial charge in [-0.15, -0.1) is 0 Å². The normalized spacial score (nSPS) is 33.5. The molecule has 0 amide bonds. The van der Waals surface area contributed by atoms with Crippen LogP contribution in [-0.4, -0.2) is 4.83 Å². The van der Waals surface area contributed by atoms with Crippen LogP contribution in [0.4, 0.5) is 0 Å². The number of rotatable bonds is 3. The molecule has 0 nitrogen and oxygen atoms in total. The topological polar surface area (TPSA) is 0 Å². The van der Waals surface area contributed by atoms with Crippen molar-refractivity contribution in [1.82, 2.24) is 0 Å². The van der Waals surface area contributed by atoms with Crippen LogP contribution in [0.15, 0.2) is 24.3 Å². The minimum Gasteiger partial charge on any atom is -0.0884 e. The Labute approximate surface area is 111 Å². The average molecular weight is 300 g/mol. The van der Waals surface area contributed by atoms with Gasteiger partial charge in [-0.1, -0.05) is 46.1 Å². The summed E-state index contributed by atoms with van der Waals surface area (Å²) in [5, 5.41) is 0.832. The fourth-order valence-corrected chi connectivity index (χ4v) is 4.68. The molecular weight excluding hydrogens is 284 g/mol. The van der Waals surface area contributed by atoms with Crippen molar-refractivity contribution in [2.45, 2.75) is 30.5 Å². The van der Waals surface area contributed by atoms with Crippen molar-refractivity contribution in [1.29, 1.82) is 0 Å². The lowest BCUT2D eigenvalue weighted by molar-refractivity contribution is 0.569. The first-order chi connectivity index (χ1) is 7.75. The van der Waals surface area contributed by atoms with Gasteiger partial charge < -0.3 is 0 Å². The molecule has 86 valence electrons. The molecule has 3 rings (SSSR count). The molecule has 3 atom stereocenters. The molecule has 2 fully saturated rings. The molecule has 3 unspecified atom stereocenters. The predicted molar refractivity (Wildman–Crippen MR) is 72.2 cm³/mol. The second-order valence-electron chi connectivity index (χ2n) is 5.18. The Balaban J connectivity index is 1.60. The van der Waals surface area contributed by atoms with Gasteiger partial charge in [0.2, 0.25) is 0 Å². The van der Waals surface area contributed by atoms with Gasteiger partial charge in [0.05, 0.1) is 0 Å². The monoisotopic (exact) mass is 298 g/mol. The zero-order valence-corrected chi connectivity index (χ0v) is 11.5. The van der Waals surface area contributed by atoms with Crippen LogP contribution in [-0.2, 0) is 6.42 Å². The van der Waals surface area contributed by atoms with Gasteiger partial charge in [0.15, 0.2) is 0 Å². The van der Waals surface area contributed by atoms with Crippen molar-refractivity contribution in [2.24, 2.45) is 17.8 Å². The number of fused-ring (bicyclic) bond motifs is 1. The van der Waals surface area contributed by atoms with E-state index in [-0.39, 0.29) is 0 Å². The highest BCUT2D eigenvalue weighted by molar-refractivity contribution is 9.09. The molecule has 0 heterocycles. The Hall–Kier alpha value is -0.0100. The third kappa shape index (κ3) is 2.04. The molecule has 0 N–H and O–H groups in total. The molecule has 0 aromatic heterocycles. The highest BCUT2D eigenvalue weighted by Crippen LogP contribution is 2.60. The van der Waals surface area contributed by atoms with E-state index >= 15 is 0 Å². The lowest BCUT2D eigenvalue weighted by Gasteiger charge is -2.11. The van der Waals surface area contributed by atoms with Crippen molar-refractivity contribution in [3.63, 3.8) is 0 Å². The first-order valence-corrected chi connectivity index (χ1v) is 7.43. The Kier molecular flexibility index (Phi) is 3.01. The van der Waals surface area contributed by atoms with Gasteiger partial charge in [0.25, 0.3) is 0 Å². The van der Waals surface area contributed by atoms with Gasteiger partial charge in [-0.3, -0.25) is 0 Å². The minimum atomic E-state index is 0.670. The van der Waals surface area contributed by atoms with E-state index in [0.29, 0.717) is 4.83 Å². The molecule has 16 heavy (non-hydrogen) atoms. The first-order valence-electron chi connectivity index (χ1n) is 6.14. The third-order valence-electron chi connectivity index (χ3n) is 4.23. The van der Waals surface area contributed by atoms with E-state index < -0.39 is 0 Å². The molecule has 0 aliphatic heterocycles. The van der Waals surface area contributed by atoms with E-state index in [1.54, 1.807) is 0 Å². The van der Waals surface area contributed by atoms with Crippen LogP contribution in [0.1, 0.15) is 24.8 Å². The molecule has 0 saturated heterocycles. The van der Waals surface area contributed by atoms with Crippen molar-refractivity contribution < 1.29 is 0 Å². The number of alkyl halides is 1. The van der Waals surface area contributed by atoms with Crippen molar-refractivity contribution in [3.8, 4) is 0 Å². The van der Waals surface area contributed by atoms with Crippen LogP contribution >= 0.6 is 27.5 Å². The molecule has 1 aromatic carbocycles.